The summed E-state index contributed by atoms with van der Waals surface area (Å²) in [5.41, 5.74) is 1.46. The smallest absolute Gasteiger partial charge is 0.171 e. The lowest BCUT2D eigenvalue weighted by atomic mass is 9.94. The number of hydrogen-bond acceptors (Lipinski definition) is 1. The molecule has 0 saturated heterocycles. The molecule has 0 radical (unpaired) electrons. The number of thiocarbonyl (C=S) groups is 1. The molecule has 0 atom stereocenters. The maximum Gasteiger partial charge on any atom is 0.171 e. The zero-order valence-corrected chi connectivity index (χ0v) is 13.1. The lowest BCUT2D eigenvalue weighted by molar-refractivity contribution is 0.461. The first kappa shape index (κ1) is 15.8. The molecule has 0 aliphatic heterocycles. The molecule has 0 heterocycles. The Kier molecular flexibility index (Phi) is 5.65. The number of hydrogen-bond donors (Lipinski definition) is 2. The first-order chi connectivity index (χ1) is 8.98. The molecule has 0 amide bonds. The summed E-state index contributed by atoms with van der Waals surface area (Å²) in [6.07, 6.45) is 7.24. The minimum atomic E-state index is -0.392. The van der Waals surface area contributed by atoms with Crippen LogP contribution in [0, 0.1) is 19.3 Å². The van der Waals surface area contributed by atoms with E-state index in [4.69, 9.17) is 30.2 Å². The Morgan fingerprint density at radius 3 is 2.58 bits per heavy atom. The molecule has 0 saturated carbocycles. The minimum absolute atomic E-state index is 0.392. The molecule has 2 nitrogen and oxygen atoms in total. The first-order valence-electron chi connectivity index (χ1n) is 6.30. The van der Waals surface area contributed by atoms with Gasteiger partial charge in [-0.15, -0.1) is 6.42 Å². The first-order valence-corrected chi connectivity index (χ1v) is 7.08. The summed E-state index contributed by atoms with van der Waals surface area (Å²) in [5, 5.41) is 7.60. The molecule has 0 spiro atoms. The number of halogens is 1. The second-order valence-electron chi connectivity index (χ2n) is 4.43. The SMILES string of the molecule is C#CC(CC)(CC)NC(=S)Nc1cccc(Cl)c1C. The van der Waals surface area contributed by atoms with Crippen LogP contribution < -0.4 is 10.6 Å². The number of nitrogens with one attached hydrogen (secondary N) is 2. The van der Waals surface area contributed by atoms with Gasteiger partial charge in [0.25, 0.3) is 0 Å². The van der Waals surface area contributed by atoms with Crippen molar-refractivity contribution in [1.29, 1.82) is 0 Å². The van der Waals surface area contributed by atoms with E-state index in [1.165, 1.54) is 0 Å². The van der Waals surface area contributed by atoms with E-state index in [0.29, 0.717) is 10.1 Å². The van der Waals surface area contributed by atoms with Crippen LogP contribution in [0.5, 0.6) is 0 Å². The molecule has 1 aromatic rings. The van der Waals surface area contributed by atoms with Crippen molar-refractivity contribution in [3.63, 3.8) is 0 Å². The van der Waals surface area contributed by atoms with Gasteiger partial charge < -0.3 is 10.6 Å². The van der Waals surface area contributed by atoms with E-state index in [1.54, 1.807) is 0 Å². The van der Waals surface area contributed by atoms with Gasteiger partial charge in [-0.05, 0) is 49.7 Å². The summed E-state index contributed by atoms with van der Waals surface area (Å²) in [6, 6.07) is 5.67. The largest absolute Gasteiger partial charge is 0.346 e. The molecule has 0 aliphatic carbocycles. The fourth-order valence-corrected chi connectivity index (χ4v) is 2.26. The van der Waals surface area contributed by atoms with Crippen molar-refractivity contribution in [2.75, 3.05) is 5.32 Å². The molecule has 1 rings (SSSR count). The van der Waals surface area contributed by atoms with E-state index in [0.717, 1.165) is 24.1 Å². The van der Waals surface area contributed by atoms with Gasteiger partial charge in [-0.3, -0.25) is 0 Å². The van der Waals surface area contributed by atoms with Crippen LogP contribution in [0.25, 0.3) is 0 Å². The molecular formula is C15H19ClN2S. The summed E-state index contributed by atoms with van der Waals surface area (Å²) >= 11 is 11.4. The average Bonchev–Trinajstić information content (AvgIpc) is 2.41. The highest BCUT2D eigenvalue weighted by Gasteiger charge is 2.23. The van der Waals surface area contributed by atoms with Crippen LogP contribution in [0.1, 0.15) is 32.3 Å². The van der Waals surface area contributed by atoms with Gasteiger partial charge in [-0.2, -0.15) is 0 Å². The fraction of sp³-hybridized carbons (Fsp3) is 0.400. The molecule has 0 unspecified atom stereocenters. The van der Waals surface area contributed by atoms with Crippen molar-refractivity contribution in [3.05, 3.63) is 28.8 Å². The minimum Gasteiger partial charge on any atom is -0.346 e. The zero-order chi connectivity index (χ0) is 14.5. The molecular weight excluding hydrogens is 276 g/mol. The second-order valence-corrected chi connectivity index (χ2v) is 5.24. The standard InChI is InChI=1S/C15H19ClN2S/c1-5-15(6-2,7-3)18-14(19)17-13-10-8-9-12(16)11(13)4/h1,8-10H,6-7H2,2-4H3,(H2,17,18,19). The Morgan fingerprint density at radius 1 is 1.42 bits per heavy atom. The van der Waals surface area contributed by atoms with Crippen LogP contribution in [0.2, 0.25) is 5.02 Å². The van der Waals surface area contributed by atoms with Crippen molar-refractivity contribution >= 4 is 34.6 Å². The van der Waals surface area contributed by atoms with Gasteiger partial charge in [0.2, 0.25) is 0 Å². The number of terminal acetylenes is 1. The van der Waals surface area contributed by atoms with Crippen LogP contribution in [0.4, 0.5) is 5.69 Å². The quantitative estimate of drug-likeness (QED) is 0.645. The Morgan fingerprint density at radius 2 is 2.05 bits per heavy atom. The molecule has 2 N–H and O–H groups in total. The molecule has 0 bridgehead atoms. The maximum absolute atomic E-state index is 6.08. The van der Waals surface area contributed by atoms with Crippen molar-refractivity contribution in [2.45, 2.75) is 39.2 Å². The van der Waals surface area contributed by atoms with Crippen LogP contribution in [0.15, 0.2) is 18.2 Å². The number of anilines is 1. The molecule has 1 aromatic carbocycles. The molecule has 0 aliphatic rings. The van der Waals surface area contributed by atoms with Crippen LogP contribution >= 0.6 is 23.8 Å². The van der Waals surface area contributed by atoms with E-state index in [-0.39, 0.29) is 0 Å². The fourth-order valence-electron chi connectivity index (χ4n) is 1.78. The summed E-state index contributed by atoms with van der Waals surface area (Å²) in [6.45, 7) is 6.04. The van der Waals surface area contributed by atoms with Crippen molar-refractivity contribution < 1.29 is 0 Å². The highest BCUT2D eigenvalue weighted by molar-refractivity contribution is 7.80. The third-order valence-electron chi connectivity index (χ3n) is 3.35. The average molecular weight is 295 g/mol. The molecule has 102 valence electrons. The van der Waals surface area contributed by atoms with Gasteiger partial charge in [0.1, 0.15) is 0 Å². The summed E-state index contributed by atoms with van der Waals surface area (Å²) in [4.78, 5) is 0. The maximum atomic E-state index is 6.08. The molecule has 0 aromatic heterocycles. The molecule has 19 heavy (non-hydrogen) atoms. The van der Waals surface area contributed by atoms with Crippen LogP contribution in [0.3, 0.4) is 0 Å². The van der Waals surface area contributed by atoms with Gasteiger partial charge in [-0.1, -0.05) is 37.4 Å². The topological polar surface area (TPSA) is 24.1 Å². The van der Waals surface area contributed by atoms with E-state index < -0.39 is 5.54 Å². The highest BCUT2D eigenvalue weighted by Crippen LogP contribution is 2.23. The van der Waals surface area contributed by atoms with Gasteiger partial charge in [0.15, 0.2) is 5.11 Å². The Labute approximate surface area is 125 Å². The van der Waals surface area contributed by atoms with Gasteiger partial charge in [-0.25, -0.2) is 0 Å². The zero-order valence-electron chi connectivity index (χ0n) is 11.5. The third kappa shape index (κ3) is 3.86. The van der Waals surface area contributed by atoms with Gasteiger partial charge >= 0.3 is 0 Å². The lowest BCUT2D eigenvalue weighted by Gasteiger charge is -2.29. The normalized spacial score (nSPS) is 10.7. The molecule has 4 heteroatoms. The predicted molar refractivity (Wildman–Crippen MR) is 87.7 cm³/mol. The second kappa shape index (κ2) is 6.79. The Hall–Kier alpha value is -1.24. The van der Waals surface area contributed by atoms with Gasteiger partial charge in [0.05, 0.1) is 5.54 Å². The summed E-state index contributed by atoms with van der Waals surface area (Å²) < 4.78 is 0. The molecule has 0 fully saturated rings. The number of benzene rings is 1. The third-order valence-corrected chi connectivity index (χ3v) is 3.97. The van der Waals surface area contributed by atoms with Crippen LogP contribution in [-0.4, -0.2) is 10.7 Å². The van der Waals surface area contributed by atoms with Crippen molar-refractivity contribution in [2.24, 2.45) is 0 Å². The Bertz CT molecular complexity index is 501. The van der Waals surface area contributed by atoms with Crippen molar-refractivity contribution in [3.8, 4) is 12.3 Å². The van der Waals surface area contributed by atoms with E-state index >= 15 is 0 Å². The van der Waals surface area contributed by atoms with Crippen molar-refractivity contribution in [1.82, 2.24) is 5.32 Å². The van der Waals surface area contributed by atoms with E-state index in [1.807, 2.05) is 39.0 Å². The lowest BCUT2D eigenvalue weighted by Crippen LogP contribution is -2.48. The Balaban J connectivity index is 2.81. The monoisotopic (exact) mass is 294 g/mol. The van der Waals surface area contributed by atoms with Gasteiger partial charge in [0, 0.05) is 10.7 Å². The van der Waals surface area contributed by atoms with E-state index in [2.05, 4.69) is 16.6 Å². The predicted octanol–water partition coefficient (Wildman–Crippen LogP) is 4.13. The highest BCUT2D eigenvalue weighted by atomic mass is 35.5. The van der Waals surface area contributed by atoms with Crippen LogP contribution in [-0.2, 0) is 0 Å². The van der Waals surface area contributed by atoms with E-state index in [9.17, 15) is 0 Å². The summed E-state index contributed by atoms with van der Waals surface area (Å²) in [7, 11) is 0. The summed E-state index contributed by atoms with van der Waals surface area (Å²) in [5.74, 6) is 2.79. The number of rotatable bonds is 4.